The van der Waals surface area contributed by atoms with E-state index < -0.39 is 24.6 Å². The molecule has 2 N–H and O–H groups in total. The lowest BCUT2D eigenvalue weighted by molar-refractivity contribution is -0.135. The molecule has 4 amide bonds. The molecule has 0 atom stereocenters. The van der Waals surface area contributed by atoms with Crippen molar-refractivity contribution >= 4 is 18.0 Å². The lowest BCUT2D eigenvalue weighted by Crippen LogP contribution is -2.43. The SMILES string of the molecule is O=NN1CCN(C(=O)NCC(=O)O)C1=O. The highest BCUT2D eigenvalue weighted by Gasteiger charge is 2.34. The van der Waals surface area contributed by atoms with Crippen LogP contribution < -0.4 is 5.32 Å². The number of rotatable bonds is 3. The number of nitrogens with one attached hydrogen (secondary N) is 1. The second kappa shape index (κ2) is 4.35. The number of aliphatic carboxylic acids is 1. The Morgan fingerprint density at radius 3 is 2.60 bits per heavy atom. The maximum atomic E-state index is 11.2. The summed E-state index contributed by atoms with van der Waals surface area (Å²) in [5.74, 6) is -1.22. The monoisotopic (exact) mass is 216 g/mol. The number of hydrogen-bond acceptors (Lipinski definition) is 5. The van der Waals surface area contributed by atoms with Gasteiger partial charge in [-0.25, -0.2) is 14.5 Å². The topological polar surface area (TPSA) is 119 Å². The zero-order chi connectivity index (χ0) is 11.4. The van der Waals surface area contributed by atoms with Crippen LogP contribution in [0.4, 0.5) is 9.59 Å². The number of nitrogens with zero attached hydrogens (tertiary/aromatic N) is 3. The van der Waals surface area contributed by atoms with Gasteiger partial charge in [0.05, 0.1) is 18.4 Å². The summed E-state index contributed by atoms with van der Waals surface area (Å²) >= 11 is 0. The van der Waals surface area contributed by atoms with E-state index in [0.29, 0.717) is 9.91 Å². The predicted molar refractivity (Wildman–Crippen MR) is 45.6 cm³/mol. The molecule has 0 aromatic rings. The van der Waals surface area contributed by atoms with Crippen molar-refractivity contribution in [2.45, 2.75) is 0 Å². The molecule has 0 unspecified atom stereocenters. The minimum absolute atomic E-state index is 0.00995. The minimum Gasteiger partial charge on any atom is -0.480 e. The molecule has 0 aliphatic carbocycles. The van der Waals surface area contributed by atoms with E-state index in [0.717, 1.165) is 0 Å². The van der Waals surface area contributed by atoms with Crippen molar-refractivity contribution in [1.82, 2.24) is 15.2 Å². The first-order valence-electron chi connectivity index (χ1n) is 3.98. The molecular formula is C6H8N4O5. The minimum atomic E-state index is -1.22. The van der Waals surface area contributed by atoms with Crippen molar-refractivity contribution in [2.75, 3.05) is 19.6 Å². The molecule has 1 fully saturated rings. The number of carbonyl (C=O) groups excluding carboxylic acids is 2. The molecule has 15 heavy (non-hydrogen) atoms. The molecule has 1 rings (SSSR count). The predicted octanol–water partition coefficient (Wildman–Crippen LogP) is -0.800. The zero-order valence-corrected chi connectivity index (χ0v) is 7.54. The van der Waals surface area contributed by atoms with Crippen LogP contribution in [0.1, 0.15) is 0 Å². The first kappa shape index (κ1) is 10.9. The maximum Gasteiger partial charge on any atom is 0.351 e. The van der Waals surface area contributed by atoms with E-state index in [-0.39, 0.29) is 13.1 Å². The Kier molecular flexibility index (Phi) is 3.16. The number of carboxylic acid groups (broad SMARTS) is 1. The van der Waals surface area contributed by atoms with Crippen molar-refractivity contribution in [3.05, 3.63) is 4.91 Å². The van der Waals surface area contributed by atoms with Crippen molar-refractivity contribution < 1.29 is 19.5 Å². The Hall–Kier alpha value is -2.19. The van der Waals surface area contributed by atoms with E-state index in [4.69, 9.17) is 5.11 Å². The summed E-state index contributed by atoms with van der Waals surface area (Å²) in [6, 6.07) is -1.71. The fourth-order valence-electron chi connectivity index (χ4n) is 1.04. The van der Waals surface area contributed by atoms with Gasteiger partial charge in [0.25, 0.3) is 0 Å². The summed E-state index contributed by atoms with van der Waals surface area (Å²) in [6.45, 7) is -0.560. The van der Waals surface area contributed by atoms with Gasteiger partial charge < -0.3 is 10.4 Å². The molecule has 0 spiro atoms. The van der Waals surface area contributed by atoms with Crippen LogP contribution >= 0.6 is 0 Å². The number of nitroso groups, excluding NO2 is 1. The highest BCUT2D eigenvalue weighted by atomic mass is 16.4. The fraction of sp³-hybridized carbons (Fsp3) is 0.500. The Bertz CT molecular complexity index is 317. The van der Waals surface area contributed by atoms with E-state index in [1.54, 1.807) is 0 Å². The van der Waals surface area contributed by atoms with Crippen molar-refractivity contribution in [1.29, 1.82) is 0 Å². The molecule has 9 nitrogen and oxygen atoms in total. The number of imide groups is 1. The highest BCUT2D eigenvalue weighted by molar-refractivity contribution is 5.95. The van der Waals surface area contributed by atoms with Crippen LogP contribution in [0.25, 0.3) is 0 Å². The average molecular weight is 216 g/mol. The van der Waals surface area contributed by atoms with Crippen LogP contribution in [-0.2, 0) is 4.79 Å². The van der Waals surface area contributed by atoms with Crippen LogP contribution in [0.15, 0.2) is 5.29 Å². The molecule has 82 valence electrons. The van der Waals surface area contributed by atoms with Crippen LogP contribution in [0, 0.1) is 4.91 Å². The Balaban J connectivity index is 2.51. The quantitative estimate of drug-likeness (QED) is 0.598. The Morgan fingerprint density at radius 2 is 2.13 bits per heavy atom. The molecule has 1 saturated heterocycles. The third-order valence-corrected chi connectivity index (χ3v) is 1.72. The number of carboxylic acids is 1. The van der Waals surface area contributed by atoms with E-state index in [9.17, 15) is 19.3 Å². The first-order chi connectivity index (χ1) is 7.06. The molecule has 0 saturated carbocycles. The summed E-state index contributed by atoms with van der Waals surface area (Å²) in [4.78, 5) is 43.2. The molecule has 0 aromatic heterocycles. The van der Waals surface area contributed by atoms with Crippen LogP contribution in [0.3, 0.4) is 0 Å². The number of amides is 4. The van der Waals surface area contributed by atoms with Crippen LogP contribution in [0.2, 0.25) is 0 Å². The lowest BCUT2D eigenvalue weighted by Gasteiger charge is -2.12. The molecule has 0 radical (unpaired) electrons. The van der Waals surface area contributed by atoms with Gasteiger partial charge in [0.1, 0.15) is 6.54 Å². The number of carbonyl (C=O) groups is 3. The highest BCUT2D eigenvalue weighted by Crippen LogP contribution is 2.08. The summed E-state index contributed by atoms with van der Waals surface area (Å²) in [5, 5.41) is 13.2. The molecule has 0 aromatic carbocycles. The van der Waals surface area contributed by atoms with Crippen molar-refractivity contribution in [2.24, 2.45) is 5.29 Å². The van der Waals surface area contributed by atoms with E-state index in [1.807, 2.05) is 5.32 Å². The molecule has 1 heterocycles. The molecule has 9 heteroatoms. The lowest BCUT2D eigenvalue weighted by atomic mass is 10.6. The molecule has 1 aliphatic rings. The van der Waals surface area contributed by atoms with Gasteiger partial charge in [-0.2, -0.15) is 5.01 Å². The van der Waals surface area contributed by atoms with Gasteiger partial charge >= 0.3 is 18.0 Å². The second-order valence-electron chi connectivity index (χ2n) is 2.69. The van der Waals surface area contributed by atoms with E-state index in [2.05, 4.69) is 5.29 Å². The molecular weight excluding hydrogens is 208 g/mol. The maximum absolute atomic E-state index is 11.2. The van der Waals surface area contributed by atoms with Gasteiger partial charge in [-0.3, -0.25) is 4.79 Å². The third-order valence-electron chi connectivity index (χ3n) is 1.72. The first-order valence-corrected chi connectivity index (χ1v) is 3.98. The summed E-state index contributed by atoms with van der Waals surface area (Å²) in [6.07, 6.45) is 0. The van der Waals surface area contributed by atoms with Crippen molar-refractivity contribution in [3.63, 3.8) is 0 Å². The van der Waals surface area contributed by atoms with Gasteiger partial charge in [0, 0.05) is 0 Å². The molecule has 0 bridgehead atoms. The standard InChI is InChI=1S/C6H8N4O5/c11-4(12)3-7-5(13)9-1-2-10(8-15)6(9)14/h1-3H2,(H,7,13)(H,11,12). The van der Waals surface area contributed by atoms with Gasteiger partial charge in [0.2, 0.25) is 0 Å². The fourth-order valence-corrected chi connectivity index (χ4v) is 1.04. The average Bonchev–Trinajstić information content (AvgIpc) is 2.56. The van der Waals surface area contributed by atoms with E-state index in [1.165, 1.54) is 0 Å². The van der Waals surface area contributed by atoms with Gasteiger partial charge in [-0.05, 0) is 0 Å². The van der Waals surface area contributed by atoms with Gasteiger partial charge in [0.15, 0.2) is 0 Å². The van der Waals surface area contributed by atoms with Crippen LogP contribution in [-0.4, -0.2) is 52.7 Å². The Morgan fingerprint density at radius 1 is 1.47 bits per heavy atom. The summed E-state index contributed by atoms with van der Waals surface area (Å²) < 4.78 is 0. The zero-order valence-electron chi connectivity index (χ0n) is 7.54. The van der Waals surface area contributed by atoms with Gasteiger partial charge in [-0.15, -0.1) is 4.91 Å². The molecule has 1 aliphatic heterocycles. The normalized spacial score (nSPS) is 15.3. The third kappa shape index (κ3) is 2.39. The van der Waals surface area contributed by atoms with Crippen LogP contribution in [0.5, 0.6) is 0 Å². The van der Waals surface area contributed by atoms with Gasteiger partial charge in [-0.1, -0.05) is 0 Å². The largest absolute Gasteiger partial charge is 0.480 e. The van der Waals surface area contributed by atoms with E-state index >= 15 is 0 Å². The number of urea groups is 2. The number of hydrogen-bond donors (Lipinski definition) is 2. The van der Waals surface area contributed by atoms with Crippen molar-refractivity contribution in [3.8, 4) is 0 Å². The smallest absolute Gasteiger partial charge is 0.351 e. The summed E-state index contributed by atoms with van der Waals surface area (Å²) in [5.41, 5.74) is 0. The second-order valence-corrected chi connectivity index (χ2v) is 2.69. The summed E-state index contributed by atoms with van der Waals surface area (Å²) in [7, 11) is 0. The Labute approximate surface area is 83.6 Å².